The zero-order valence-corrected chi connectivity index (χ0v) is 16.1. The van der Waals surface area contributed by atoms with E-state index >= 15 is 0 Å². The van der Waals surface area contributed by atoms with E-state index in [2.05, 4.69) is 34.0 Å². The van der Waals surface area contributed by atoms with Gasteiger partial charge in [0.05, 0.1) is 0 Å². The van der Waals surface area contributed by atoms with E-state index in [1.807, 2.05) is 12.4 Å². The van der Waals surface area contributed by atoms with Crippen LogP contribution in [0, 0.1) is 17.6 Å². The lowest BCUT2D eigenvalue weighted by Gasteiger charge is -2.32. The predicted octanol–water partition coefficient (Wildman–Crippen LogP) is 4.42. The molecule has 27 heavy (non-hydrogen) atoms. The minimum absolute atomic E-state index is 0.310. The Balaban J connectivity index is 1.50. The molecule has 146 valence electrons. The zero-order valence-electron chi connectivity index (χ0n) is 16.1. The summed E-state index contributed by atoms with van der Waals surface area (Å²) in [7, 11) is 0. The maximum Gasteiger partial charge on any atom is 0.222 e. The molecule has 0 saturated carbocycles. The molecule has 1 fully saturated rings. The SMILES string of the molecule is CC(C)Nc1ncc(CN2CCC[C@@H](CCc3ccc(F)cc3F)C2)cn1. The maximum atomic E-state index is 13.8. The molecule has 0 radical (unpaired) electrons. The Morgan fingerprint density at radius 3 is 2.70 bits per heavy atom. The fourth-order valence-corrected chi connectivity index (χ4v) is 3.64. The Morgan fingerprint density at radius 2 is 2.00 bits per heavy atom. The van der Waals surface area contributed by atoms with Crippen molar-refractivity contribution in [1.82, 2.24) is 14.9 Å². The third kappa shape index (κ3) is 5.96. The number of piperidine rings is 1. The molecule has 0 aliphatic carbocycles. The van der Waals surface area contributed by atoms with Crippen molar-refractivity contribution in [2.75, 3.05) is 18.4 Å². The second-order valence-corrected chi connectivity index (χ2v) is 7.73. The van der Waals surface area contributed by atoms with Gasteiger partial charge in [-0.15, -0.1) is 0 Å². The highest BCUT2D eigenvalue weighted by molar-refractivity contribution is 5.25. The quantitative estimate of drug-likeness (QED) is 0.779. The van der Waals surface area contributed by atoms with Crippen molar-refractivity contribution in [1.29, 1.82) is 0 Å². The first kappa shape index (κ1) is 19.7. The van der Waals surface area contributed by atoms with Gasteiger partial charge in [-0.2, -0.15) is 0 Å². The molecule has 0 amide bonds. The van der Waals surface area contributed by atoms with Gasteiger partial charge in [-0.1, -0.05) is 6.07 Å². The summed E-state index contributed by atoms with van der Waals surface area (Å²) in [5.74, 6) is 0.240. The number of aryl methyl sites for hydroxylation is 1. The number of aromatic nitrogens is 2. The Hall–Kier alpha value is -2.08. The van der Waals surface area contributed by atoms with Crippen LogP contribution >= 0.6 is 0 Å². The molecule has 2 heterocycles. The molecule has 1 N–H and O–H groups in total. The molecule has 2 aromatic rings. The first-order valence-electron chi connectivity index (χ1n) is 9.73. The number of benzene rings is 1. The summed E-state index contributed by atoms with van der Waals surface area (Å²) in [6, 6.07) is 4.18. The zero-order chi connectivity index (χ0) is 19.2. The molecule has 1 aromatic carbocycles. The van der Waals surface area contributed by atoms with Crippen LogP contribution in [0.4, 0.5) is 14.7 Å². The maximum absolute atomic E-state index is 13.8. The van der Waals surface area contributed by atoms with E-state index in [0.29, 0.717) is 29.9 Å². The highest BCUT2D eigenvalue weighted by atomic mass is 19.1. The molecular weight excluding hydrogens is 346 g/mol. The van der Waals surface area contributed by atoms with Gasteiger partial charge >= 0.3 is 0 Å². The van der Waals surface area contributed by atoms with Crippen molar-refractivity contribution in [3.8, 4) is 0 Å². The number of rotatable bonds is 7. The fraction of sp³-hybridized carbons (Fsp3) is 0.524. The van der Waals surface area contributed by atoms with E-state index in [9.17, 15) is 8.78 Å². The van der Waals surface area contributed by atoms with Crippen molar-refractivity contribution in [3.05, 3.63) is 53.4 Å². The summed E-state index contributed by atoms with van der Waals surface area (Å²) < 4.78 is 26.8. The highest BCUT2D eigenvalue weighted by Gasteiger charge is 2.20. The Kier molecular flexibility index (Phi) is 6.72. The number of likely N-dealkylation sites (tertiary alicyclic amines) is 1. The minimum atomic E-state index is -0.517. The van der Waals surface area contributed by atoms with Crippen molar-refractivity contribution in [3.63, 3.8) is 0 Å². The molecule has 0 spiro atoms. The number of nitrogens with one attached hydrogen (secondary N) is 1. The molecule has 1 aliphatic heterocycles. The number of nitrogens with zero attached hydrogens (tertiary/aromatic N) is 3. The summed E-state index contributed by atoms with van der Waals surface area (Å²) in [4.78, 5) is 11.2. The first-order valence-corrected chi connectivity index (χ1v) is 9.73. The lowest BCUT2D eigenvalue weighted by molar-refractivity contribution is 0.161. The van der Waals surface area contributed by atoms with Crippen LogP contribution in [0.3, 0.4) is 0 Å². The van der Waals surface area contributed by atoms with E-state index < -0.39 is 11.6 Å². The minimum Gasteiger partial charge on any atom is -0.352 e. The molecule has 0 unspecified atom stereocenters. The lowest BCUT2D eigenvalue weighted by atomic mass is 9.91. The average Bonchev–Trinajstić information content (AvgIpc) is 2.63. The second kappa shape index (κ2) is 9.22. The van der Waals surface area contributed by atoms with Gasteiger partial charge in [0.1, 0.15) is 11.6 Å². The molecule has 1 aliphatic rings. The van der Waals surface area contributed by atoms with Crippen LogP contribution in [0.25, 0.3) is 0 Å². The highest BCUT2D eigenvalue weighted by Crippen LogP contribution is 2.23. The van der Waals surface area contributed by atoms with Crippen LogP contribution in [0.15, 0.2) is 30.6 Å². The van der Waals surface area contributed by atoms with Gasteiger partial charge in [-0.25, -0.2) is 18.7 Å². The summed E-state index contributed by atoms with van der Waals surface area (Å²) in [5.41, 5.74) is 1.71. The summed E-state index contributed by atoms with van der Waals surface area (Å²) >= 11 is 0. The Bertz CT molecular complexity index is 733. The first-order chi connectivity index (χ1) is 13.0. The van der Waals surface area contributed by atoms with Crippen molar-refractivity contribution < 1.29 is 8.78 Å². The van der Waals surface area contributed by atoms with Crippen LogP contribution in [0.5, 0.6) is 0 Å². The number of hydrogen-bond acceptors (Lipinski definition) is 4. The molecule has 1 saturated heterocycles. The number of anilines is 1. The van der Waals surface area contributed by atoms with Gasteiger partial charge in [-0.05, 0) is 63.6 Å². The topological polar surface area (TPSA) is 41.1 Å². The Morgan fingerprint density at radius 1 is 1.22 bits per heavy atom. The van der Waals surface area contributed by atoms with Gasteiger partial charge in [0, 0.05) is 43.2 Å². The van der Waals surface area contributed by atoms with Gasteiger partial charge in [0.15, 0.2) is 0 Å². The molecule has 1 aromatic heterocycles. The van der Waals surface area contributed by atoms with Gasteiger partial charge in [0.2, 0.25) is 5.95 Å². The largest absolute Gasteiger partial charge is 0.352 e. The van der Waals surface area contributed by atoms with Crippen molar-refractivity contribution in [2.45, 2.75) is 52.1 Å². The number of hydrogen-bond donors (Lipinski definition) is 1. The molecule has 1 atom stereocenters. The smallest absolute Gasteiger partial charge is 0.222 e. The Labute approximate surface area is 160 Å². The van der Waals surface area contributed by atoms with Crippen LogP contribution in [0.2, 0.25) is 0 Å². The normalized spacial score (nSPS) is 18.0. The lowest BCUT2D eigenvalue weighted by Crippen LogP contribution is -2.35. The molecule has 4 nitrogen and oxygen atoms in total. The van der Waals surface area contributed by atoms with Crippen LogP contribution < -0.4 is 5.32 Å². The third-order valence-corrected chi connectivity index (χ3v) is 4.97. The van der Waals surface area contributed by atoms with Gasteiger partial charge in [-0.3, -0.25) is 4.90 Å². The monoisotopic (exact) mass is 374 g/mol. The van der Waals surface area contributed by atoms with E-state index in [4.69, 9.17) is 0 Å². The van der Waals surface area contributed by atoms with Gasteiger partial charge in [0.25, 0.3) is 0 Å². The van der Waals surface area contributed by atoms with Crippen molar-refractivity contribution in [2.24, 2.45) is 5.92 Å². The summed E-state index contributed by atoms with van der Waals surface area (Å²) in [6.07, 6.45) is 7.65. The van der Waals surface area contributed by atoms with Crippen LogP contribution in [0.1, 0.15) is 44.2 Å². The molecule has 6 heteroatoms. The van der Waals surface area contributed by atoms with Crippen LogP contribution in [-0.2, 0) is 13.0 Å². The molecule has 0 bridgehead atoms. The number of halogens is 2. The van der Waals surface area contributed by atoms with E-state index in [1.165, 1.54) is 6.07 Å². The van der Waals surface area contributed by atoms with E-state index in [-0.39, 0.29) is 0 Å². The van der Waals surface area contributed by atoms with E-state index in [1.54, 1.807) is 6.07 Å². The van der Waals surface area contributed by atoms with Gasteiger partial charge < -0.3 is 5.32 Å². The summed E-state index contributed by atoms with van der Waals surface area (Å²) in [5, 5.41) is 3.19. The second-order valence-electron chi connectivity index (χ2n) is 7.73. The van der Waals surface area contributed by atoms with Crippen LogP contribution in [-0.4, -0.2) is 34.0 Å². The third-order valence-electron chi connectivity index (χ3n) is 4.97. The molecule has 3 rings (SSSR count). The van der Waals surface area contributed by atoms with E-state index in [0.717, 1.165) is 50.5 Å². The average molecular weight is 374 g/mol. The predicted molar refractivity (Wildman–Crippen MR) is 103 cm³/mol. The summed E-state index contributed by atoms with van der Waals surface area (Å²) in [6.45, 7) is 7.01. The van der Waals surface area contributed by atoms with Crippen molar-refractivity contribution >= 4 is 5.95 Å². The standard InChI is InChI=1S/C21H28F2N4/c1-15(2)26-21-24-11-17(12-25-21)14-27-9-3-4-16(13-27)5-6-18-7-8-19(22)10-20(18)23/h7-8,10-12,15-16H,3-6,9,13-14H2,1-2H3,(H,24,25,26)/t16-/m0/s1. The molecular formula is C21H28F2N4. The fourth-order valence-electron chi connectivity index (χ4n) is 3.64.